The van der Waals surface area contributed by atoms with Crippen molar-refractivity contribution in [2.75, 3.05) is 16.9 Å². The van der Waals surface area contributed by atoms with Gasteiger partial charge in [-0.05, 0) is 41.3 Å². The number of carbonyl (C=O) groups is 1. The summed E-state index contributed by atoms with van der Waals surface area (Å²) in [4.78, 5) is 11.3. The van der Waals surface area contributed by atoms with E-state index in [0.29, 0.717) is 0 Å². The largest absolute Gasteiger partial charge is 0.507 e. The van der Waals surface area contributed by atoms with Gasteiger partial charge in [0, 0.05) is 22.9 Å². The minimum absolute atomic E-state index is 0.0316. The fourth-order valence-electron chi connectivity index (χ4n) is 3.24. The highest BCUT2D eigenvalue weighted by Gasteiger charge is 2.22. The molecule has 188 valence electrons. The summed E-state index contributed by atoms with van der Waals surface area (Å²) >= 11 is 5.49. The monoisotopic (exact) mass is 563 g/mol. The molecule has 0 aliphatic carbocycles. The summed E-state index contributed by atoms with van der Waals surface area (Å²) in [6.07, 6.45) is 0. The number of phenols is 1. The van der Waals surface area contributed by atoms with Crippen molar-refractivity contribution in [3.05, 3.63) is 59.7 Å². The van der Waals surface area contributed by atoms with E-state index in [4.69, 9.17) is 11.6 Å². The highest BCUT2D eigenvalue weighted by atomic mass is 35.5. The summed E-state index contributed by atoms with van der Waals surface area (Å²) < 4.78 is 89.6. The summed E-state index contributed by atoms with van der Waals surface area (Å²) in [5.41, 5.74) is -0.192. The summed E-state index contributed by atoms with van der Waals surface area (Å²) in [5, 5.41) is 12.2. The van der Waals surface area contributed by atoms with Gasteiger partial charge in [0.25, 0.3) is 26.1 Å². The SMILES string of the molecule is O=C(Nc1cc2c(O)cc(S(=O)(=O)O)cc2cc1S(=O)(=O)O)c1cccc(CS(=O)(=O)CCCl)c1. The van der Waals surface area contributed by atoms with E-state index in [0.717, 1.165) is 24.3 Å². The van der Waals surface area contributed by atoms with Crippen LogP contribution in [0.5, 0.6) is 5.75 Å². The van der Waals surface area contributed by atoms with Crippen LogP contribution in [-0.4, -0.2) is 57.0 Å². The molecule has 15 heteroatoms. The average molecular weight is 564 g/mol. The van der Waals surface area contributed by atoms with Crippen LogP contribution in [-0.2, 0) is 35.8 Å². The van der Waals surface area contributed by atoms with Crippen LogP contribution in [0, 0.1) is 0 Å². The van der Waals surface area contributed by atoms with Crippen LogP contribution in [0.3, 0.4) is 0 Å². The molecule has 0 heterocycles. The standard InChI is InChI=1S/C20H18ClNO10S3/c21-4-5-33(25,26)11-12-2-1-3-13(6-12)20(24)22-17-10-16-14(8-19(17)35(30,31)32)7-15(9-18(16)23)34(27,28)29/h1-3,6-10,23H,4-5,11H2,(H,22,24)(H,27,28,29)(H,30,31,32). The Morgan fingerprint density at radius 1 is 0.914 bits per heavy atom. The lowest BCUT2D eigenvalue weighted by Gasteiger charge is -2.13. The van der Waals surface area contributed by atoms with Gasteiger partial charge >= 0.3 is 0 Å². The van der Waals surface area contributed by atoms with Gasteiger partial charge in [0.15, 0.2) is 9.84 Å². The molecule has 0 bridgehead atoms. The van der Waals surface area contributed by atoms with Crippen molar-refractivity contribution in [3.63, 3.8) is 0 Å². The van der Waals surface area contributed by atoms with Crippen LogP contribution in [0.15, 0.2) is 58.3 Å². The third-order valence-electron chi connectivity index (χ3n) is 4.79. The number of rotatable bonds is 8. The predicted octanol–water partition coefficient (Wildman–Crippen LogP) is 2.44. The van der Waals surface area contributed by atoms with Crippen LogP contribution in [0.2, 0.25) is 0 Å². The van der Waals surface area contributed by atoms with E-state index in [1.165, 1.54) is 24.3 Å². The van der Waals surface area contributed by atoms with Gasteiger partial charge in [-0.1, -0.05) is 12.1 Å². The normalized spacial score (nSPS) is 12.5. The number of halogens is 1. The molecule has 0 saturated heterocycles. The second-order valence-electron chi connectivity index (χ2n) is 7.40. The highest BCUT2D eigenvalue weighted by Crippen LogP contribution is 2.35. The van der Waals surface area contributed by atoms with Crippen LogP contribution < -0.4 is 5.32 Å². The summed E-state index contributed by atoms with van der Waals surface area (Å²) in [6, 6.07) is 8.93. The zero-order chi connectivity index (χ0) is 26.2. The quantitative estimate of drug-likeness (QED) is 0.233. The van der Waals surface area contributed by atoms with Gasteiger partial charge in [-0.25, -0.2) is 8.42 Å². The first-order valence-corrected chi connectivity index (χ1v) is 14.8. The molecule has 3 aromatic carbocycles. The molecule has 0 saturated carbocycles. The average Bonchev–Trinajstić information content (AvgIpc) is 2.72. The number of anilines is 1. The van der Waals surface area contributed by atoms with Crippen LogP contribution in [0.1, 0.15) is 15.9 Å². The van der Waals surface area contributed by atoms with Crippen molar-refractivity contribution >= 4 is 64.0 Å². The van der Waals surface area contributed by atoms with Crippen molar-refractivity contribution in [1.29, 1.82) is 0 Å². The minimum Gasteiger partial charge on any atom is -0.507 e. The van der Waals surface area contributed by atoms with Crippen LogP contribution in [0.25, 0.3) is 10.8 Å². The first-order chi connectivity index (χ1) is 16.1. The zero-order valence-corrected chi connectivity index (χ0v) is 20.7. The topological polar surface area (TPSA) is 192 Å². The number of phenolic OH excluding ortho intramolecular Hbond substituents is 1. The van der Waals surface area contributed by atoms with Gasteiger partial charge in [0.2, 0.25) is 0 Å². The van der Waals surface area contributed by atoms with E-state index in [1.807, 2.05) is 0 Å². The molecule has 3 aromatic rings. The number of carbonyl (C=O) groups excluding carboxylic acids is 1. The number of amides is 1. The number of benzene rings is 3. The highest BCUT2D eigenvalue weighted by molar-refractivity contribution is 7.90. The van der Waals surface area contributed by atoms with E-state index in [2.05, 4.69) is 5.32 Å². The number of hydrogen-bond acceptors (Lipinski definition) is 8. The van der Waals surface area contributed by atoms with Gasteiger partial charge in [0.05, 0.1) is 22.1 Å². The second kappa shape index (κ2) is 9.72. The van der Waals surface area contributed by atoms with Gasteiger partial charge in [-0.2, -0.15) is 16.8 Å². The Labute approximate surface area is 205 Å². The van der Waals surface area contributed by atoms with E-state index >= 15 is 0 Å². The first kappa shape index (κ1) is 26.8. The number of sulfone groups is 1. The molecule has 35 heavy (non-hydrogen) atoms. The number of nitrogens with one attached hydrogen (secondary N) is 1. The fourth-order valence-corrected chi connectivity index (χ4v) is 6.22. The van der Waals surface area contributed by atoms with Gasteiger partial charge in [-0.3, -0.25) is 13.9 Å². The maximum Gasteiger partial charge on any atom is 0.296 e. The fraction of sp³-hybridized carbons (Fsp3) is 0.150. The molecule has 0 fully saturated rings. The van der Waals surface area contributed by atoms with E-state index in [1.54, 1.807) is 0 Å². The lowest BCUT2D eigenvalue weighted by Crippen LogP contribution is -2.16. The zero-order valence-electron chi connectivity index (χ0n) is 17.5. The minimum atomic E-state index is -4.95. The Hall–Kier alpha value is -2.75. The molecule has 3 rings (SSSR count). The van der Waals surface area contributed by atoms with Gasteiger partial charge < -0.3 is 10.4 Å². The molecule has 0 aliphatic rings. The second-order valence-corrected chi connectivity index (χ2v) is 12.8. The van der Waals surface area contributed by atoms with Crippen molar-refractivity contribution in [2.45, 2.75) is 15.5 Å². The van der Waals surface area contributed by atoms with Crippen molar-refractivity contribution in [1.82, 2.24) is 0 Å². The number of alkyl halides is 1. The van der Waals surface area contributed by atoms with Crippen LogP contribution >= 0.6 is 11.6 Å². The van der Waals surface area contributed by atoms with Crippen molar-refractivity contribution < 1.29 is 44.3 Å². The lowest BCUT2D eigenvalue weighted by molar-refractivity contribution is 0.102. The molecule has 0 aliphatic heterocycles. The third kappa shape index (κ3) is 6.48. The summed E-state index contributed by atoms with van der Waals surface area (Å²) in [7, 11) is -13.2. The molecular weight excluding hydrogens is 546 g/mol. The van der Waals surface area contributed by atoms with Gasteiger partial charge in [0.1, 0.15) is 10.6 Å². The molecule has 0 aromatic heterocycles. The Kier molecular flexibility index (Phi) is 7.45. The molecule has 11 nitrogen and oxygen atoms in total. The summed E-state index contributed by atoms with van der Waals surface area (Å²) in [6.45, 7) is 0. The molecule has 4 N–H and O–H groups in total. The smallest absolute Gasteiger partial charge is 0.296 e. The first-order valence-electron chi connectivity index (χ1n) is 9.53. The number of fused-ring (bicyclic) bond motifs is 1. The maximum absolute atomic E-state index is 12.8. The van der Waals surface area contributed by atoms with E-state index < -0.39 is 57.2 Å². The molecular formula is C20H18ClNO10S3. The van der Waals surface area contributed by atoms with Crippen molar-refractivity contribution in [3.8, 4) is 5.75 Å². The molecule has 0 atom stereocenters. The Morgan fingerprint density at radius 2 is 1.60 bits per heavy atom. The van der Waals surface area contributed by atoms with E-state index in [9.17, 15) is 44.3 Å². The van der Waals surface area contributed by atoms with Gasteiger partial charge in [-0.15, -0.1) is 11.6 Å². The van der Waals surface area contributed by atoms with Crippen LogP contribution in [0.4, 0.5) is 5.69 Å². The molecule has 0 radical (unpaired) electrons. The molecule has 0 unspecified atom stereocenters. The lowest BCUT2D eigenvalue weighted by atomic mass is 10.1. The Morgan fingerprint density at radius 3 is 2.20 bits per heavy atom. The Bertz CT molecular complexity index is 1650. The predicted molar refractivity (Wildman–Crippen MR) is 128 cm³/mol. The maximum atomic E-state index is 12.8. The number of aromatic hydroxyl groups is 1. The molecule has 0 spiro atoms. The molecule has 1 amide bonds. The summed E-state index contributed by atoms with van der Waals surface area (Å²) in [5.74, 6) is -2.25. The van der Waals surface area contributed by atoms with E-state index in [-0.39, 0.29) is 39.3 Å². The Balaban J connectivity index is 2.06. The third-order valence-corrected chi connectivity index (χ3v) is 8.53. The number of hydrogen-bond donors (Lipinski definition) is 4. The van der Waals surface area contributed by atoms with Crippen molar-refractivity contribution in [2.24, 2.45) is 0 Å².